The van der Waals surface area contributed by atoms with Crippen molar-refractivity contribution in [3.8, 4) is 0 Å². The lowest BCUT2D eigenvalue weighted by Crippen LogP contribution is -2.31. The molecule has 0 aliphatic heterocycles. The Hall–Kier alpha value is -1.23. The summed E-state index contributed by atoms with van der Waals surface area (Å²) < 4.78 is 5.10. The highest BCUT2D eigenvalue weighted by Gasteiger charge is 2.14. The van der Waals surface area contributed by atoms with E-state index in [-0.39, 0.29) is 0 Å². The van der Waals surface area contributed by atoms with E-state index in [0.717, 1.165) is 24.7 Å². The topological polar surface area (TPSA) is 67.2 Å². The van der Waals surface area contributed by atoms with Gasteiger partial charge in [-0.05, 0) is 12.8 Å². The smallest absolute Gasteiger partial charge is 0.171 e. The number of anilines is 2. The van der Waals surface area contributed by atoms with Crippen LogP contribution >= 0.6 is 0 Å². The van der Waals surface area contributed by atoms with Gasteiger partial charge >= 0.3 is 0 Å². The molecule has 1 heterocycles. The van der Waals surface area contributed by atoms with Crippen molar-refractivity contribution < 1.29 is 4.74 Å². The van der Waals surface area contributed by atoms with Crippen LogP contribution in [0.15, 0.2) is 0 Å². The standard InChI is InChI=1S/C11H22N4O/c1-8(2)7-15(5-6-16-4)11-10(12)13-9(3)14-11/h8H,5-7,12H2,1-4H3,(H,13,14). The van der Waals surface area contributed by atoms with Gasteiger partial charge in [0.15, 0.2) is 5.82 Å². The predicted molar refractivity (Wildman–Crippen MR) is 66.7 cm³/mol. The maximum Gasteiger partial charge on any atom is 0.171 e. The number of nitrogen functional groups attached to an aromatic ring is 1. The van der Waals surface area contributed by atoms with Crippen molar-refractivity contribution in [2.45, 2.75) is 20.8 Å². The Morgan fingerprint density at radius 3 is 2.62 bits per heavy atom. The zero-order chi connectivity index (χ0) is 12.1. The quantitative estimate of drug-likeness (QED) is 0.769. The number of rotatable bonds is 6. The first-order valence-corrected chi connectivity index (χ1v) is 5.60. The van der Waals surface area contributed by atoms with Gasteiger partial charge in [0.25, 0.3) is 0 Å². The van der Waals surface area contributed by atoms with Crippen molar-refractivity contribution >= 4 is 11.6 Å². The van der Waals surface area contributed by atoms with Crippen LogP contribution in [0.2, 0.25) is 0 Å². The number of ether oxygens (including phenoxy) is 1. The van der Waals surface area contributed by atoms with Gasteiger partial charge in [-0.15, -0.1) is 0 Å². The van der Waals surface area contributed by atoms with E-state index in [0.29, 0.717) is 18.3 Å². The summed E-state index contributed by atoms with van der Waals surface area (Å²) in [6.45, 7) is 8.67. The van der Waals surface area contributed by atoms with Crippen LogP contribution in [-0.4, -0.2) is 36.8 Å². The van der Waals surface area contributed by atoms with Gasteiger partial charge in [-0.2, -0.15) is 0 Å². The van der Waals surface area contributed by atoms with Crippen LogP contribution in [0.4, 0.5) is 11.6 Å². The van der Waals surface area contributed by atoms with Crippen molar-refractivity contribution in [1.82, 2.24) is 9.97 Å². The summed E-state index contributed by atoms with van der Waals surface area (Å²) in [7, 11) is 1.70. The highest BCUT2D eigenvalue weighted by atomic mass is 16.5. The van der Waals surface area contributed by atoms with Crippen molar-refractivity contribution in [1.29, 1.82) is 0 Å². The van der Waals surface area contributed by atoms with E-state index in [1.807, 2.05) is 6.92 Å². The van der Waals surface area contributed by atoms with Crippen molar-refractivity contribution in [2.24, 2.45) is 5.92 Å². The number of methoxy groups -OCH3 is 1. The van der Waals surface area contributed by atoms with E-state index in [4.69, 9.17) is 10.5 Å². The van der Waals surface area contributed by atoms with Crippen LogP contribution in [0.3, 0.4) is 0 Å². The first-order valence-electron chi connectivity index (χ1n) is 5.60. The number of nitrogens with one attached hydrogen (secondary N) is 1. The van der Waals surface area contributed by atoms with Crippen LogP contribution in [0.5, 0.6) is 0 Å². The Balaban J connectivity index is 2.78. The Kier molecular flexibility index (Phi) is 4.61. The second-order valence-corrected chi connectivity index (χ2v) is 4.39. The molecule has 0 aliphatic rings. The number of H-pyrrole nitrogens is 1. The molecule has 0 fully saturated rings. The molecule has 3 N–H and O–H groups in total. The molecular weight excluding hydrogens is 204 g/mol. The van der Waals surface area contributed by atoms with Crippen molar-refractivity contribution in [2.75, 3.05) is 37.4 Å². The molecule has 0 bridgehead atoms. The molecular formula is C11H22N4O. The van der Waals surface area contributed by atoms with Gasteiger partial charge in [0.1, 0.15) is 11.6 Å². The summed E-state index contributed by atoms with van der Waals surface area (Å²) in [5, 5.41) is 0. The molecule has 5 heteroatoms. The van der Waals surface area contributed by atoms with Gasteiger partial charge < -0.3 is 20.4 Å². The molecule has 16 heavy (non-hydrogen) atoms. The van der Waals surface area contributed by atoms with Gasteiger partial charge in [-0.1, -0.05) is 13.8 Å². The zero-order valence-electron chi connectivity index (χ0n) is 10.6. The minimum atomic E-state index is 0.563. The van der Waals surface area contributed by atoms with Gasteiger partial charge in [0.05, 0.1) is 6.61 Å². The highest BCUT2D eigenvalue weighted by Crippen LogP contribution is 2.20. The summed E-state index contributed by atoms with van der Waals surface area (Å²) in [5.41, 5.74) is 5.89. The van der Waals surface area contributed by atoms with Crippen LogP contribution in [0.1, 0.15) is 19.7 Å². The molecule has 1 aromatic heterocycles. The van der Waals surface area contributed by atoms with Crippen molar-refractivity contribution in [3.63, 3.8) is 0 Å². The van der Waals surface area contributed by atoms with E-state index < -0.39 is 0 Å². The van der Waals surface area contributed by atoms with Gasteiger partial charge in [-0.3, -0.25) is 0 Å². The molecule has 1 rings (SSSR count). The summed E-state index contributed by atoms with van der Waals surface area (Å²) in [5.74, 6) is 2.88. The Bertz CT molecular complexity index is 322. The third kappa shape index (κ3) is 3.41. The normalized spacial score (nSPS) is 11.1. The Morgan fingerprint density at radius 2 is 2.19 bits per heavy atom. The highest BCUT2D eigenvalue weighted by molar-refractivity contribution is 5.59. The molecule has 0 atom stereocenters. The average Bonchev–Trinajstić information content (AvgIpc) is 2.52. The molecule has 0 saturated carbocycles. The SMILES string of the molecule is COCCN(CC(C)C)c1nc(C)[nH]c1N. The molecule has 0 spiro atoms. The number of hydrogen-bond donors (Lipinski definition) is 2. The summed E-state index contributed by atoms with van der Waals surface area (Å²) in [6, 6.07) is 0. The van der Waals surface area contributed by atoms with Gasteiger partial charge in [-0.25, -0.2) is 4.98 Å². The van der Waals surface area contributed by atoms with Crippen LogP contribution in [0.25, 0.3) is 0 Å². The lowest BCUT2D eigenvalue weighted by molar-refractivity contribution is 0.204. The van der Waals surface area contributed by atoms with Crippen LogP contribution in [-0.2, 0) is 4.74 Å². The van der Waals surface area contributed by atoms with E-state index in [1.54, 1.807) is 7.11 Å². The van der Waals surface area contributed by atoms with E-state index in [1.165, 1.54) is 0 Å². The molecule has 0 unspecified atom stereocenters. The number of aryl methyl sites for hydroxylation is 1. The minimum absolute atomic E-state index is 0.563. The Labute approximate surface area is 97.0 Å². The summed E-state index contributed by atoms with van der Waals surface area (Å²) in [4.78, 5) is 9.59. The van der Waals surface area contributed by atoms with Crippen LogP contribution < -0.4 is 10.6 Å². The fourth-order valence-electron chi connectivity index (χ4n) is 1.66. The molecule has 0 aromatic carbocycles. The first kappa shape index (κ1) is 12.8. The van der Waals surface area contributed by atoms with Gasteiger partial charge in [0.2, 0.25) is 0 Å². The zero-order valence-corrected chi connectivity index (χ0v) is 10.6. The number of hydrogen-bond acceptors (Lipinski definition) is 4. The second kappa shape index (κ2) is 5.75. The second-order valence-electron chi connectivity index (χ2n) is 4.39. The molecule has 1 aromatic rings. The molecule has 0 amide bonds. The number of nitrogens with zero attached hydrogens (tertiary/aromatic N) is 2. The molecule has 0 radical (unpaired) electrons. The summed E-state index contributed by atoms with van der Waals surface area (Å²) in [6.07, 6.45) is 0. The summed E-state index contributed by atoms with van der Waals surface area (Å²) >= 11 is 0. The van der Waals surface area contributed by atoms with E-state index in [2.05, 4.69) is 28.7 Å². The third-order valence-electron chi connectivity index (χ3n) is 2.28. The number of imidazole rings is 1. The first-order chi connectivity index (χ1) is 7.54. The fourth-order valence-corrected chi connectivity index (χ4v) is 1.66. The monoisotopic (exact) mass is 226 g/mol. The minimum Gasteiger partial charge on any atom is -0.383 e. The predicted octanol–water partition coefficient (Wildman–Crippen LogP) is 1.41. The average molecular weight is 226 g/mol. The van der Waals surface area contributed by atoms with E-state index >= 15 is 0 Å². The van der Waals surface area contributed by atoms with Crippen molar-refractivity contribution in [3.05, 3.63) is 5.82 Å². The molecule has 92 valence electrons. The molecule has 0 saturated heterocycles. The van der Waals surface area contributed by atoms with Gasteiger partial charge in [0, 0.05) is 20.2 Å². The fraction of sp³-hybridized carbons (Fsp3) is 0.727. The lowest BCUT2D eigenvalue weighted by Gasteiger charge is -2.24. The lowest BCUT2D eigenvalue weighted by atomic mass is 10.2. The molecule has 5 nitrogen and oxygen atoms in total. The van der Waals surface area contributed by atoms with E-state index in [9.17, 15) is 0 Å². The van der Waals surface area contributed by atoms with Crippen LogP contribution in [0, 0.1) is 12.8 Å². The Morgan fingerprint density at radius 1 is 1.50 bits per heavy atom. The maximum atomic E-state index is 5.89. The molecule has 0 aliphatic carbocycles. The number of aromatic nitrogens is 2. The largest absolute Gasteiger partial charge is 0.383 e. The third-order valence-corrected chi connectivity index (χ3v) is 2.28. The maximum absolute atomic E-state index is 5.89. The number of aromatic amines is 1. The number of nitrogens with two attached hydrogens (primary N) is 1.